The lowest BCUT2D eigenvalue weighted by atomic mass is 10.2. The van der Waals surface area contributed by atoms with Gasteiger partial charge in [0.05, 0.1) is 11.7 Å². The van der Waals surface area contributed by atoms with Gasteiger partial charge in [-0.1, -0.05) is 12.1 Å². The Morgan fingerprint density at radius 3 is 2.73 bits per heavy atom. The number of pyridine rings is 1. The van der Waals surface area contributed by atoms with Crippen molar-refractivity contribution < 1.29 is 8.42 Å². The van der Waals surface area contributed by atoms with Crippen LogP contribution in [0.15, 0.2) is 57.6 Å². The monoisotopic (exact) mass is 372 g/mol. The van der Waals surface area contributed by atoms with Crippen LogP contribution in [0.4, 0.5) is 11.4 Å². The predicted octanol–water partition coefficient (Wildman–Crippen LogP) is 2.93. The first-order chi connectivity index (χ1) is 12.3. The van der Waals surface area contributed by atoms with Crippen molar-refractivity contribution in [1.29, 1.82) is 5.41 Å². The van der Waals surface area contributed by atoms with Crippen molar-refractivity contribution in [2.75, 3.05) is 5.32 Å². The molecule has 0 aliphatic rings. The molecule has 2 rings (SSSR count). The Kier molecular flexibility index (Phi) is 6.21. The van der Waals surface area contributed by atoms with E-state index in [1.807, 2.05) is 31.2 Å². The van der Waals surface area contributed by atoms with Crippen LogP contribution in [0.2, 0.25) is 0 Å². The second-order valence-electron chi connectivity index (χ2n) is 5.74. The molecule has 0 spiro atoms. The van der Waals surface area contributed by atoms with Crippen LogP contribution < -0.4 is 10.0 Å². The summed E-state index contributed by atoms with van der Waals surface area (Å²) in [5, 5.41) is 10.0. The van der Waals surface area contributed by atoms with Crippen molar-refractivity contribution in [3.63, 3.8) is 0 Å². The van der Waals surface area contributed by atoms with Crippen LogP contribution in [0.1, 0.15) is 19.4 Å². The van der Waals surface area contributed by atoms with Crippen molar-refractivity contribution in [3.05, 3.63) is 48.3 Å². The molecule has 0 fully saturated rings. The summed E-state index contributed by atoms with van der Waals surface area (Å²) in [5.74, 6) is -0.208. The average molecular weight is 372 g/mol. The zero-order valence-corrected chi connectivity index (χ0v) is 15.5. The molecule has 0 unspecified atom stereocenters. The number of aliphatic imine (C=N–C) groups is 2. The zero-order chi connectivity index (χ0) is 19.2. The molecule has 0 aliphatic heterocycles. The number of aromatic nitrogens is 1. The fraction of sp³-hybridized carbons (Fsp3) is 0.235. The highest BCUT2D eigenvalue weighted by Crippen LogP contribution is 2.24. The summed E-state index contributed by atoms with van der Waals surface area (Å²) < 4.78 is 27.8. The van der Waals surface area contributed by atoms with Crippen LogP contribution in [0.5, 0.6) is 0 Å². The molecule has 2 aromatic rings. The second-order valence-corrected chi connectivity index (χ2v) is 7.39. The summed E-state index contributed by atoms with van der Waals surface area (Å²) in [6.07, 6.45) is 2.73. The molecule has 0 saturated heterocycles. The van der Waals surface area contributed by atoms with E-state index in [1.54, 1.807) is 25.9 Å². The first kappa shape index (κ1) is 19.3. The molecule has 0 amide bonds. The second kappa shape index (κ2) is 8.37. The van der Waals surface area contributed by atoms with Gasteiger partial charge in [0, 0.05) is 24.1 Å². The van der Waals surface area contributed by atoms with Crippen molar-refractivity contribution in [2.45, 2.75) is 31.7 Å². The highest BCUT2D eigenvalue weighted by molar-refractivity contribution is 7.90. The maximum Gasteiger partial charge on any atom is 0.267 e. The summed E-state index contributed by atoms with van der Waals surface area (Å²) in [4.78, 5) is 11.4. The Labute approximate surface area is 152 Å². The van der Waals surface area contributed by atoms with Gasteiger partial charge in [-0.25, -0.2) is 23.5 Å². The van der Waals surface area contributed by atoms with Gasteiger partial charge in [0.15, 0.2) is 0 Å². The highest BCUT2D eigenvalue weighted by atomic mass is 32.2. The minimum absolute atomic E-state index is 0.0573. The minimum atomic E-state index is -4.01. The third-order valence-corrected chi connectivity index (χ3v) is 4.49. The largest absolute Gasteiger partial charge is 0.354 e. The Hall–Kier alpha value is -3.03. The lowest BCUT2D eigenvalue weighted by Crippen LogP contribution is -2.30. The maximum atomic E-state index is 12.8. The molecule has 0 saturated carbocycles. The van der Waals surface area contributed by atoms with E-state index in [2.05, 4.69) is 25.0 Å². The normalized spacial score (nSPS) is 11.8. The topological polar surface area (TPSA) is 120 Å². The molecule has 9 heteroatoms. The van der Waals surface area contributed by atoms with Gasteiger partial charge in [0.1, 0.15) is 4.90 Å². The number of aryl methyl sites for hydroxylation is 1. The van der Waals surface area contributed by atoms with Gasteiger partial charge in [-0.05, 0) is 44.5 Å². The van der Waals surface area contributed by atoms with Crippen molar-refractivity contribution in [3.8, 4) is 0 Å². The molecule has 0 radical (unpaired) electrons. The third-order valence-electron chi connectivity index (χ3n) is 3.14. The van der Waals surface area contributed by atoms with Crippen molar-refractivity contribution in [2.24, 2.45) is 9.98 Å². The fourth-order valence-corrected chi connectivity index (χ4v) is 3.18. The number of anilines is 2. The van der Waals surface area contributed by atoms with Crippen molar-refractivity contribution >= 4 is 33.4 Å². The third kappa shape index (κ3) is 5.23. The molecule has 1 aromatic heterocycles. The molecule has 3 N–H and O–H groups in total. The van der Waals surface area contributed by atoms with E-state index in [0.717, 1.165) is 11.3 Å². The zero-order valence-electron chi connectivity index (χ0n) is 14.7. The van der Waals surface area contributed by atoms with Gasteiger partial charge in [0.25, 0.3) is 10.0 Å². The van der Waals surface area contributed by atoms with Gasteiger partial charge < -0.3 is 5.32 Å². The Morgan fingerprint density at radius 1 is 1.31 bits per heavy atom. The summed E-state index contributed by atoms with van der Waals surface area (Å²) in [7, 11) is -4.01. The van der Waals surface area contributed by atoms with E-state index in [-0.39, 0.29) is 16.9 Å². The molecule has 0 atom stereocenters. The molecule has 136 valence electrons. The summed E-state index contributed by atoms with van der Waals surface area (Å²) in [5.41, 5.74) is 2.15. The van der Waals surface area contributed by atoms with Crippen molar-refractivity contribution in [1.82, 2.24) is 9.71 Å². The van der Waals surface area contributed by atoms with Crippen LogP contribution in [-0.4, -0.2) is 31.4 Å². The number of nitrogens with zero attached hydrogens (tertiary/aromatic N) is 3. The molecular formula is C17H20N6O2S. The van der Waals surface area contributed by atoms with E-state index in [0.29, 0.717) is 5.69 Å². The van der Waals surface area contributed by atoms with Gasteiger partial charge in [-0.15, -0.1) is 4.99 Å². The average Bonchev–Trinajstić information content (AvgIpc) is 2.54. The van der Waals surface area contributed by atoms with Gasteiger partial charge in [0.2, 0.25) is 5.96 Å². The standard InChI is InChI=1S/C17H20N6O2S/c1-12(2)21-17(20-11-18)23-26(24,25)16-10-19-8-7-15(16)22-14-6-4-5-13(3)9-14/h4-10,12,18H,1-3H3,(H,19,22)(H,21,23). The van der Waals surface area contributed by atoms with Gasteiger partial charge in [-0.3, -0.25) is 4.98 Å². The smallest absolute Gasteiger partial charge is 0.267 e. The molecule has 0 aliphatic carbocycles. The first-order valence-electron chi connectivity index (χ1n) is 7.82. The van der Waals surface area contributed by atoms with E-state index in [1.165, 1.54) is 12.4 Å². The Bertz CT molecular complexity index is 963. The van der Waals surface area contributed by atoms with Crippen LogP contribution in [0.3, 0.4) is 0 Å². The SMILES string of the molecule is Cc1cccc(Nc2ccncc2S(=O)(=O)NC(N=C=N)=NC(C)C)c1. The fourth-order valence-electron chi connectivity index (χ4n) is 2.13. The summed E-state index contributed by atoms with van der Waals surface area (Å²) in [6.45, 7) is 5.48. The number of benzene rings is 1. The Morgan fingerprint density at radius 2 is 2.08 bits per heavy atom. The van der Waals surface area contributed by atoms with Gasteiger partial charge in [-0.2, -0.15) is 0 Å². The van der Waals surface area contributed by atoms with Crippen LogP contribution in [0.25, 0.3) is 0 Å². The molecule has 1 aromatic carbocycles. The minimum Gasteiger partial charge on any atom is -0.354 e. The van der Waals surface area contributed by atoms with Crippen LogP contribution in [-0.2, 0) is 10.0 Å². The quantitative estimate of drug-likeness (QED) is 0.552. The number of nitrogens with one attached hydrogen (secondary N) is 3. The summed E-state index contributed by atoms with van der Waals surface area (Å²) in [6, 6.07) is 10.7. The highest BCUT2D eigenvalue weighted by Gasteiger charge is 2.21. The number of sulfonamides is 1. The first-order valence-corrected chi connectivity index (χ1v) is 9.31. The molecule has 8 nitrogen and oxygen atoms in total. The lowest BCUT2D eigenvalue weighted by Gasteiger charge is -2.13. The lowest BCUT2D eigenvalue weighted by molar-refractivity contribution is 0.592. The number of rotatable bonds is 5. The maximum absolute atomic E-state index is 12.8. The molecule has 1 heterocycles. The van der Waals surface area contributed by atoms with Crippen LogP contribution >= 0.6 is 0 Å². The number of guanidine groups is 1. The number of hydrogen-bond donors (Lipinski definition) is 3. The van der Waals surface area contributed by atoms with E-state index >= 15 is 0 Å². The summed E-state index contributed by atoms with van der Waals surface area (Å²) >= 11 is 0. The van der Waals surface area contributed by atoms with Crippen LogP contribution in [0, 0.1) is 12.3 Å². The van der Waals surface area contributed by atoms with Gasteiger partial charge >= 0.3 is 0 Å². The number of hydrogen-bond acceptors (Lipinski definition) is 6. The predicted molar refractivity (Wildman–Crippen MR) is 102 cm³/mol. The molecule has 26 heavy (non-hydrogen) atoms. The molecular weight excluding hydrogens is 352 g/mol. The van der Waals surface area contributed by atoms with E-state index < -0.39 is 10.0 Å². The van der Waals surface area contributed by atoms with E-state index in [9.17, 15) is 8.42 Å². The molecule has 0 bridgehead atoms. The van der Waals surface area contributed by atoms with E-state index in [4.69, 9.17) is 5.41 Å². The Balaban J connectivity index is 2.39.